The minimum absolute atomic E-state index is 0.360. The van der Waals surface area contributed by atoms with E-state index in [1.165, 1.54) is 157 Å². The zero-order valence-corrected chi connectivity index (χ0v) is 67.0. The smallest absolute Gasteiger partial charge is 0.198 e. The number of pyridine rings is 6. The fourth-order valence-electron chi connectivity index (χ4n) is 13.5. The molecule has 0 saturated carbocycles. The first-order valence-electron chi connectivity index (χ1n) is 38.8. The van der Waals surface area contributed by atoms with Gasteiger partial charge in [-0.2, -0.15) is 27.4 Å². The monoisotopic (exact) mass is 1360 g/mol. The summed E-state index contributed by atoms with van der Waals surface area (Å²) < 4.78 is 58.5. The Kier molecular flexibility index (Phi) is 24.1. The molecule has 0 aliphatic heterocycles. The summed E-state index contributed by atoms with van der Waals surface area (Å²) >= 11 is 0. The molecule has 0 aliphatic rings. The van der Waals surface area contributed by atoms with Crippen molar-refractivity contribution < 1.29 is 35.6 Å². The van der Waals surface area contributed by atoms with Crippen LogP contribution in [0.2, 0.25) is 0 Å². The molecule has 0 radical (unpaired) electrons. The van der Waals surface area contributed by atoms with Crippen molar-refractivity contribution in [3.8, 4) is 67.5 Å². The summed E-state index contributed by atoms with van der Waals surface area (Å²) in [6.45, 7) is 42.7. The average Bonchev–Trinajstić information content (AvgIpc) is 0.788. The highest BCUT2D eigenvalue weighted by molar-refractivity contribution is 5.70. The minimum Gasteiger partial charge on any atom is -0.198 e. The van der Waals surface area contributed by atoms with Gasteiger partial charge in [0.25, 0.3) is 0 Å². The molecule has 12 aromatic rings. The SMILES string of the molecule is Cc1ccc(-c2c(C)ccc(C)[n+]2C)c(C)c1.Cc1ccc(C)c(-c2c(C)ccc(C)[n+]2C)c1.Cc1ccc(C)c(-c2c(C)ccc(C)[n+]2C)c1.Cc1cccc(-c2c(C)ccc(C)[n+]2C)c1C.[2H]C([2H])([2H])c1ccc(-c2c(C)ccc(C)[n+]2C)c(C)c1.[2H]C([2H])([2H])c1ccc(C)c(-c2cccc(C)c2C)[n+]1C. The second-order valence-corrected chi connectivity index (χ2v) is 28.6. The first-order valence-corrected chi connectivity index (χ1v) is 35.8. The normalized spacial score (nSPS) is 11.8. The highest BCUT2D eigenvalue weighted by Gasteiger charge is 2.24. The van der Waals surface area contributed by atoms with Gasteiger partial charge in [-0.1, -0.05) is 95.1 Å². The number of benzene rings is 6. The van der Waals surface area contributed by atoms with E-state index in [1.807, 2.05) is 52.2 Å². The Labute approximate surface area is 624 Å². The van der Waals surface area contributed by atoms with Gasteiger partial charge in [-0.25, -0.2) is 0 Å². The fraction of sp³-hybridized carbons (Fsp3) is 0.312. The van der Waals surface area contributed by atoms with Gasteiger partial charge in [0.15, 0.2) is 34.2 Å². The van der Waals surface area contributed by atoms with E-state index in [9.17, 15) is 0 Å². The molecule has 12 rings (SSSR count). The number of aryl methyl sites for hydroxylation is 22. The van der Waals surface area contributed by atoms with Crippen LogP contribution in [0, 0.1) is 166 Å². The third-order valence-corrected chi connectivity index (χ3v) is 20.8. The molecule has 0 saturated heterocycles. The van der Waals surface area contributed by atoms with Crippen molar-refractivity contribution >= 4 is 0 Å². The van der Waals surface area contributed by atoms with E-state index in [2.05, 4.69) is 329 Å². The molecule has 0 spiro atoms. The van der Waals surface area contributed by atoms with E-state index in [4.69, 9.17) is 8.22 Å². The molecule has 0 aliphatic carbocycles. The van der Waals surface area contributed by atoms with Gasteiger partial charge in [-0.15, -0.1) is 0 Å². The zero-order chi connectivity index (χ0) is 80.5. The Bertz CT molecular complexity index is 5100. The van der Waals surface area contributed by atoms with Gasteiger partial charge in [0.05, 0.1) is 0 Å². The van der Waals surface area contributed by atoms with Crippen molar-refractivity contribution in [2.45, 2.75) is 166 Å². The third kappa shape index (κ3) is 18.7. The van der Waals surface area contributed by atoms with E-state index < -0.39 is 13.7 Å². The van der Waals surface area contributed by atoms with Crippen LogP contribution in [0.1, 0.15) is 143 Å². The quantitative estimate of drug-likeness (QED) is 0.148. The molecular weight excluding hydrogens is 1240 g/mol. The Morgan fingerprint density at radius 1 is 0.186 bits per heavy atom. The molecule has 0 unspecified atom stereocenters. The van der Waals surface area contributed by atoms with Gasteiger partial charge in [0.1, 0.15) is 42.3 Å². The molecule has 6 heteroatoms. The molecule has 0 bridgehead atoms. The van der Waals surface area contributed by atoms with Gasteiger partial charge >= 0.3 is 0 Å². The number of rotatable bonds is 6. The summed E-state index contributed by atoms with van der Waals surface area (Å²) in [7, 11) is 12.4. The summed E-state index contributed by atoms with van der Waals surface area (Å²) in [5.74, 6) is 0. The molecule has 0 N–H and O–H groups in total. The van der Waals surface area contributed by atoms with Gasteiger partial charge in [-0.05, 0) is 242 Å². The van der Waals surface area contributed by atoms with Crippen LogP contribution >= 0.6 is 0 Å². The topological polar surface area (TPSA) is 23.3 Å². The van der Waals surface area contributed by atoms with E-state index in [1.54, 1.807) is 22.8 Å². The lowest BCUT2D eigenvalue weighted by Gasteiger charge is -2.10. The molecule has 0 fully saturated rings. The van der Waals surface area contributed by atoms with Gasteiger partial charge < -0.3 is 0 Å². The zero-order valence-electron chi connectivity index (χ0n) is 73.0. The second kappa shape index (κ2) is 34.7. The molecule has 6 nitrogen and oxygen atoms in total. The predicted octanol–water partition coefficient (Wildman–Crippen LogP) is 20.5. The molecular formula is C96H120N6+6. The lowest BCUT2D eigenvalue weighted by molar-refractivity contribution is -0.667. The van der Waals surface area contributed by atoms with Crippen LogP contribution in [0.4, 0.5) is 0 Å². The van der Waals surface area contributed by atoms with Gasteiger partial charge in [0, 0.05) is 153 Å². The number of hydrogen-bond donors (Lipinski definition) is 0. The predicted molar refractivity (Wildman–Crippen MR) is 432 cm³/mol. The van der Waals surface area contributed by atoms with Crippen LogP contribution in [-0.4, -0.2) is 0 Å². The summed E-state index contributed by atoms with van der Waals surface area (Å²) in [5.41, 5.74) is 43.6. The third-order valence-electron chi connectivity index (χ3n) is 20.8. The molecule has 102 heavy (non-hydrogen) atoms. The maximum Gasteiger partial charge on any atom is 0.215 e. The number of aromatic nitrogens is 6. The Morgan fingerprint density at radius 3 is 0.735 bits per heavy atom. The summed E-state index contributed by atoms with van der Waals surface area (Å²) in [4.78, 5) is 0. The second-order valence-electron chi connectivity index (χ2n) is 28.6. The molecule has 6 heterocycles. The Hall–Kier alpha value is -9.78. The van der Waals surface area contributed by atoms with Crippen LogP contribution in [-0.2, 0) is 42.3 Å². The molecule has 0 amide bonds. The fourth-order valence-corrected chi connectivity index (χ4v) is 13.5. The summed E-state index contributed by atoms with van der Waals surface area (Å²) in [5, 5.41) is 0. The van der Waals surface area contributed by atoms with Crippen molar-refractivity contribution in [1.82, 2.24) is 0 Å². The largest absolute Gasteiger partial charge is 0.215 e. The maximum atomic E-state index is 7.65. The van der Waals surface area contributed by atoms with Crippen LogP contribution in [0.25, 0.3) is 67.5 Å². The Morgan fingerprint density at radius 2 is 0.431 bits per heavy atom. The van der Waals surface area contributed by atoms with Crippen LogP contribution < -0.4 is 27.4 Å². The molecule has 528 valence electrons. The van der Waals surface area contributed by atoms with Crippen LogP contribution in [0.5, 0.6) is 0 Å². The molecule has 6 aromatic heterocycles. The Balaban J connectivity index is 0.000000181. The van der Waals surface area contributed by atoms with Gasteiger partial charge in [-0.3, -0.25) is 0 Å². The molecule has 0 atom stereocenters. The number of nitrogens with zero attached hydrogens (tertiary/aromatic N) is 6. The maximum absolute atomic E-state index is 7.65. The summed E-state index contributed by atoms with van der Waals surface area (Å²) in [6, 6.07) is 63.2. The van der Waals surface area contributed by atoms with Crippen LogP contribution in [0.3, 0.4) is 0 Å². The van der Waals surface area contributed by atoms with Crippen molar-refractivity contribution in [3.63, 3.8) is 0 Å². The highest BCUT2D eigenvalue weighted by Crippen LogP contribution is 2.31. The lowest BCUT2D eigenvalue weighted by Crippen LogP contribution is -2.35. The first-order chi connectivity index (χ1) is 50.5. The summed E-state index contributed by atoms with van der Waals surface area (Å²) in [6.07, 6.45) is 0. The first kappa shape index (κ1) is 70.6. The van der Waals surface area contributed by atoms with Crippen molar-refractivity contribution in [1.29, 1.82) is 0 Å². The minimum atomic E-state index is -2.10. The van der Waals surface area contributed by atoms with Crippen molar-refractivity contribution in [2.75, 3.05) is 0 Å². The van der Waals surface area contributed by atoms with E-state index >= 15 is 0 Å². The van der Waals surface area contributed by atoms with Crippen molar-refractivity contribution in [3.05, 3.63) is 316 Å². The average molecular weight is 1360 g/mol. The van der Waals surface area contributed by atoms with E-state index in [0.29, 0.717) is 11.3 Å². The van der Waals surface area contributed by atoms with Crippen LogP contribution in [0.15, 0.2) is 182 Å². The highest BCUT2D eigenvalue weighted by atomic mass is 15.0. The van der Waals surface area contributed by atoms with Gasteiger partial charge in [0.2, 0.25) is 34.2 Å². The number of hydrogen-bond acceptors (Lipinski definition) is 0. The molecule has 6 aromatic carbocycles. The van der Waals surface area contributed by atoms with Crippen molar-refractivity contribution in [2.24, 2.45) is 42.3 Å². The standard InChI is InChI=1S/6C16H20N/c2*1-11-6-9-15(13(3)10-11)16-12(2)7-8-14(4)17(16)5;2*1-11-6-7-12(2)15(10-11)16-13(3)8-9-14(4)17(16)5;2*1-11-7-6-8-15(14(11)4)16-12(2)9-10-13(3)17(16)5/h6*6-10H,1-5H3/q6*+1/i1D3;;;;3D3;. The lowest BCUT2D eigenvalue weighted by atomic mass is 9.97. The van der Waals surface area contributed by atoms with E-state index in [-0.39, 0.29) is 0 Å². The van der Waals surface area contributed by atoms with E-state index in [0.717, 1.165) is 33.6 Å².